The van der Waals surface area contributed by atoms with E-state index >= 15 is 0 Å². The summed E-state index contributed by atoms with van der Waals surface area (Å²) in [5.74, 6) is -0.184. The summed E-state index contributed by atoms with van der Waals surface area (Å²) in [6, 6.07) is 15.7. The number of nitrogens with zero attached hydrogens (tertiary/aromatic N) is 1. The lowest BCUT2D eigenvalue weighted by Gasteiger charge is -2.32. The number of hydrogen-bond donors (Lipinski definition) is 2. The van der Waals surface area contributed by atoms with E-state index in [2.05, 4.69) is 21.6 Å². The molecule has 0 spiro atoms. The Morgan fingerprint density at radius 2 is 2.08 bits per heavy atom. The first-order valence-electron chi connectivity index (χ1n) is 8.70. The molecule has 0 saturated carbocycles. The Balaban J connectivity index is 1.65. The second kappa shape index (κ2) is 8.48. The van der Waals surface area contributed by atoms with Crippen LogP contribution in [0.4, 0.5) is 5.69 Å². The number of likely N-dealkylation sites (N-methyl/N-ethyl adjacent to an activating group) is 1. The van der Waals surface area contributed by atoms with Crippen LogP contribution in [0, 0.1) is 0 Å². The van der Waals surface area contributed by atoms with E-state index in [1.54, 1.807) is 12.1 Å². The standard InChI is InChI=1S/C20H24ClN3O/c1-22-17-8-5-11-24(14-17)13-15-6-4-7-16(12-15)23-20(25)18-9-2-3-10-19(18)21/h2-4,6-7,9-10,12,17,22H,5,8,11,13-14H2,1H3,(H,23,25). The molecule has 2 N–H and O–H groups in total. The Labute approximate surface area is 154 Å². The van der Waals surface area contributed by atoms with E-state index in [-0.39, 0.29) is 5.91 Å². The van der Waals surface area contributed by atoms with E-state index in [1.165, 1.54) is 18.4 Å². The third kappa shape index (κ3) is 4.82. The van der Waals surface area contributed by atoms with Gasteiger partial charge >= 0.3 is 0 Å². The van der Waals surface area contributed by atoms with Gasteiger partial charge in [0.1, 0.15) is 0 Å². The van der Waals surface area contributed by atoms with Crippen LogP contribution in [0.25, 0.3) is 0 Å². The Hall–Kier alpha value is -1.88. The Morgan fingerprint density at radius 3 is 2.88 bits per heavy atom. The van der Waals surface area contributed by atoms with Gasteiger partial charge in [-0.2, -0.15) is 0 Å². The van der Waals surface area contributed by atoms with E-state index in [0.29, 0.717) is 16.6 Å². The molecule has 1 aliphatic rings. The summed E-state index contributed by atoms with van der Waals surface area (Å²) in [5, 5.41) is 6.77. The number of benzene rings is 2. The Bertz CT molecular complexity index is 734. The summed E-state index contributed by atoms with van der Waals surface area (Å²) in [4.78, 5) is 14.9. The van der Waals surface area contributed by atoms with Crippen molar-refractivity contribution < 1.29 is 4.79 Å². The number of likely N-dealkylation sites (tertiary alicyclic amines) is 1. The van der Waals surface area contributed by atoms with Crippen LogP contribution in [0.3, 0.4) is 0 Å². The summed E-state index contributed by atoms with van der Waals surface area (Å²) in [6.07, 6.45) is 2.45. The SMILES string of the molecule is CNC1CCCN(Cc2cccc(NC(=O)c3ccccc3Cl)c2)C1. The maximum absolute atomic E-state index is 12.4. The quantitative estimate of drug-likeness (QED) is 0.856. The molecule has 1 atom stereocenters. The van der Waals surface area contributed by atoms with Crippen molar-refractivity contribution in [2.75, 3.05) is 25.5 Å². The molecule has 1 aliphatic heterocycles. The Morgan fingerprint density at radius 1 is 1.24 bits per heavy atom. The lowest BCUT2D eigenvalue weighted by atomic mass is 10.0. The average Bonchev–Trinajstić information content (AvgIpc) is 2.62. The minimum absolute atomic E-state index is 0.184. The van der Waals surface area contributed by atoms with Gasteiger partial charge in [0.15, 0.2) is 0 Å². The number of amides is 1. The molecule has 1 saturated heterocycles. The highest BCUT2D eigenvalue weighted by atomic mass is 35.5. The van der Waals surface area contributed by atoms with Gasteiger partial charge in [-0.15, -0.1) is 0 Å². The van der Waals surface area contributed by atoms with Gasteiger partial charge < -0.3 is 10.6 Å². The zero-order chi connectivity index (χ0) is 17.6. The Kier molecular flexibility index (Phi) is 6.08. The third-order valence-electron chi connectivity index (χ3n) is 4.62. The molecule has 0 aromatic heterocycles. The van der Waals surface area contributed by atoms with Crippen LogP contribution in [0.2, 0.25) is 5.02 Å². The molecule has 1 amide bonds. The van der Waals surface area contributed by atoms with E-state index in [1.807, 2.05) is 37.4 Å². The van der Waals surface area contributed by atoms with E-state index in [4.69, 9.17) is 11.6 Å². The average molecular weight is 358 g/mol. The third-order valence-corrected chi connectivity index (χ3v) is 4.95. The summed E-state index contributed by atoms with van der Waals surface area (Å²) < 4.78 is 0. The second-order valence-corrected chi connectivity index (χ2v) is 6.90. The maximum atomic E-state index is 12.4. The number of piperidine rings is 1. The fourth-order valence-electron chi connectivity index (χ4n) is 3.28. The van der Waals surface area contributed by atoms with Crippen LogP contribution >= 0.6 is 11.6 Å². The zero-order valence-corrected chi connectivity index (χ0v) is 15.2. The number of carbonyl (C=O) groups is 1. The lowest BCUT2D eigenvalue weighted by Crippen LogP contribution is -2.43. The van der Waals surface area contributed by atoms with Gasteiger partial charge in [-0.25, -0.2) is 0 Å². The minimum atomic E-state index is -0.184. The molecule has 2 aromatic rings. The highest BCUT2D eigenvalue weighted by Gasteiger charge is 2.18. The molecule has 4 nitrogen and oxygen atoms in total. The monoisotopic (exact) mass is 357 g/mol. The van der Waals surface area contributed by atoms with E-state index < -0.39 is 0 Å². The van der Waals surface area contributed by atoms with Crippen molar-refractivity contribution in [2.24, 2.45) is 0 Å². The van der Waals surface area contributed by atoms with Crippen LogP contribution in [-0.2, 0) is 6.54 Å². The van der Waals surface area contributed by atoms with Crippen molar-refractivity contribution in [3.05, 3.63) is 64.7 Å². The number of anilines is 1. The molecule has 5 heteroatoms. The molecule has 25 heavy (non-hydrogen) atoms. The van der Waals surface area contributed by atoms with Gasteiger partial charge in [-0.05, 0) is 56.3 Å². The fourth-order valence-corrected chi connectivity index (χ4v) is 3.51. The first-order valence-corrected chi connectivity index (χ1v) is 9.08. The normalized spacial score (nSPS) is 18.1. The van der Waals surface area contributed by atoms with Crippen molar-refractivity contribution >= 4 is 23.2 Å². The van der Waals surface area contributed by atoms with Gasteiger partial charge in [0, 0.05) is 24.8 Å². The van der Waals surface area contributed by atoms with E-state index in [9.17, 15) is 4.79 Å². The molecule has 2 aromatic carbocycles. The molecule has 0 radical (unpaired) electrons. The van der Waals surface area contributed by atoms with Gasteiger partial charge in [0.25, 0.3) is 5.91 Å². The molecular formula is C20H24ClN3O. The molecular weight excluding hydrogens is 334 g/mol. The first kappa shape index (κ1) is 17.9. The fraction of sp³-hybridized carbons (Fsp3) is 0.350. The van der Waals surface area contributed by atoms with Gasteiger partial charge in [0.05, 0.1) is 10.6 Å². The van der Waals surface area contributed by atoms with Gasteiger partial charge in [-0.1, -0.05) is 35.9 Å². The van der Waals surface area contributed by atoms with Crippen LogP contribution in [0.5, 0.6) is 0 Å². The number of halogens is 1. The number of hydrogen-bond acceptors (Lipinski definition) is 3. The zero-order valence-electron chi connectivity index (χ0n) is 14.5. The first-order chi connectivity index (χ1) is 12.2. The van der Waals surface area contributed by atoms with Crippen LogP contribution in [0.15, 0.2) is 48.5 Å². The van der Waals surface area contributed by atoms with E-state index in [0.717, 1.165) is 25.3 Å². The van der Waals surface area contributed by atoms with Crippen molar-refractivity contribution in [1.29, 1.82) is 0 Å². The van der Waals surface area contributed by atoms with Gasteiger partial charge in [0.2, 0.25) is 0 Å². The predicted molar refractivity (Wildman–Crippen MR) is 103 cm³/mol. The summed E-state index contributed by atoms with van der Waals surface area (Å²) in [7, 11) is 2.03. The molecule has 0 bridgehead atoms. The van der Waals surface area contributed by atoms with Crippen molar-refractivity contribution in [3.63, 3.8) is 0 Å². The van der Waals surface area contributed by atoms with Crippen LogP contribution in [0.1, 0.15) is 28.8 Å². The highest BCUT2D eigenvalue weighted by Crippen LogP contribution is 2.19. The summed E-state index contributed by atoms with van der Waals surface area (Å²) in [6.45, 7) is 3.08. The second-order valence-electron chi connectivity index (χ2n) is 6.50. The largest absolute Gasteiger partial charge is 0.322 e. The lowest BCUT2D eigenvalue weighted by molar-refractivity contribution is 0.102. The van der Waals surface area contributed by atoms with Crippen molar-refractivity contribution in [3.8, 4) is 0 Å². The molecule has 1 unspecified atom stereocenters. The van der Waals surface area contributed by atoms with Gasteiger partial charge in [-0.3, -0.25) is 9.69 Å². The van der Waals surface area contributed by atoms with Crippen LogP contribution < -0.4 is 10.6 Å². The molecule has 0 aliphatic carbocycles. The molecule has 3 rings (SSSR count). The summed E-state index contributed by atoms with van der Waals surface area (Å²) in [5.41, 5.74) is 2.49. The number of rotatable bonds is 5. The number of carbonyl (C=O) groups excluding carboxylic acids is 1. The molecule has 1 fully saturated rings. The molecule has 132 valence electrons. The molecule has 1 heterocycles. The van der Waals surface area contributed by atoms with Crippen LogP contribution in [-0.4, -0.2) is 37.0 Å². The summed E-state index contributed by atoms with van der Waals surface area (Å²) >= 11 is 6.10. The van der Waals surface area contributed by atoms with Crippen molar-refractivity contribution in [2.45, 2.75) is 25.4 Å². The number of nitrogens with one attached hydrogen (secondary N) is 2. The highest BCUT2D eigenvalue weighted by molar-refractivity contribution is 6.34. The minimum Gasteiger partial charge on any atom is -0.322 e. The maximum Gasteiger partial charge on any atom is 0.257 e. The predicted octanol–water partition coefficient (Wildman–Crippen LogP) is 3.78. The topological polar surface area (TPSA) is 44.4 Å². The van der Waals surface area contributed by atoms with Crippen molar-refractivity contribution in [1.82, 2.24) is 10.2 Å². The smallest absolute Gasteiger partial charge is 0.257 e.